The van der Waals surface area contributed by atoms with Gasteiger partial charge >= 0.3 is 0 Å². The first-order chi connectivity index (χ1) is 15.1. The molecule has 2 saturated heterocycles. The molecule has 0 aliphatic carbocycles. The topological polar surface area (TPSA) is 72.6 Å². The number of halogens is 1. The Balaban J connectivity index is 1.40. The number of H-pyrrole nitrogens is 1. The van der Waals surface area contributed by atoms with Gasteiger partial charge in [-0.3, -0.25) is 0 Å². The van der Waals surface area contributed by atoms with Gasteiger partial charge in [-0.2, -0.15) is 9.97 Å². The molecule has 1 aromatic carbocycles. The highest BCUT2D eigenvalue weighted by Crippen LogP contribution is 2.30. The van der Waals surface area contributed by atoms with Crippen LogP contribution in [-0.4, -0.2) is 79.4 Å². The van der Waals surface area contributed by atoms with Gasteiger partial charge in [0.2, 0.25) is 5.95 Å². The molecule has 2 aromatic heterocycles. The third kappa shape index (κ3) is 4.03. The van der Waals surface area contributed by atoms with Crippen molar-refractivity contribution in [2.24, 2.45) is 0 Å². The molecule has 0 amide bonds. The Kier molecular flexibility index (Phi) is 5.37. The minimum atomic E-state index is -0.263. The van der Waals surface area contributed by atoms with E-state index in [1.165, 1.54) is 6.07 Å². The first-order valence-electron chi connectivity index (χ1n) is 10.7. The molecule has 164 valence electrons. The maximum Gasteiger partial charge on any atom is 0.231 e. The number of likely N-dealkylation sites (N-methyl/N-ethyl adjacent to an activating group) is 1. The Morgan fingerprint density at radius 3 is 2.71 bits per heavy atom. The number of anilines is 4. The van der Waals surface area contributed by atoms with E-state index in [1.807, 2.05) is 23.2 Å². The van der Waals surface area contributed by atoms with Crippen LogP contribution >= 0.6 is 0 Å². The van der Waals surface area contributed by atoms with E-state index in [4.69, 9.17) is 9.72 Å². The van der Waals surface area contributed by atoms with E-state index in [2.05, 4.69) is 39.2 Å². The van der Waals surface area contributed by atoms with Crippen molar-refractivity contribution in [2.75, 3.05) is 68.6 Å². The predicted octanol–water partition coefficient (Wildman–Crippen LogP) is 2.82. The Bertz CT molecular complexity index is 1060. The SMILES string of the molecule is CN(C)[C@@H]1CCN(c2nc(Nc3ccc(N4CCOCC4)c(F)c3)nc3[nH]ccc23)C1. The average molecular weight is 426 g/mol. The summed E-state index contributed by atoms with van der Waals surface area (Å²) in [5.74, 6) is 1.10. The number of nitrogens with zero attached hydrogens (tertiary/aromatic N) is 5. The number of fused-ring (bicyclic) bond motifs is 1. The highest BCUT2D eigenvalue weighted by atomic mass is 19.1. The molecule has 1 atom stereocenters. The van der Waals surface area contributed by atoms with Gasteiger partial charge in [0.1, 0.15) is 17.3 Å². The molecular formula is C22H28FN7O. The standard InChI is InChI=1S/C22H28FN7O/c1-28(2)16-6-8-30(14-16)21-17-5-7-24-20(17)26-22(27-21)25-15-3-4-19(18(23)13-15)29-9-11-31-12-10-29/h3-5,7,13,16H,6,8-12,14H2,1-2H3,(H2,24,25,26,27)/t16-/m1/s1. The average Bonchev–Trinajstić information content (AvgIpc) is 3.44. The summed E-state index contributed by atoms with van der Waals surface area (Å²) < 4.78 is 20.2. The minimum absolute atomic E-state index is 0.263. The van der Waals surface area contributed by atoms with Gasteiger partial charge < -0.3 is 29.7 Å². The quantitative estimate of drug-likeness (QED) is 0.651. The van der Waals surface area contributed by atoms with Crippen molar-refractivity contribution in [3.8, 4) is 0 Å². The summed E-state index contributed by atoms with van der Waals surface area (Å²) in [4.78, 5) is 19.2. The summed E-state index contributed by atoms with van der Waals surface area (Å²) in [7, 11) is 4.23. The number of hydrogen-bond donors (Lipinski definition) is 2. The molecule has 9 heteroatoms. The number of aromatic nitrogens is 3. The van der Waals surface area contributed by atoms with Crippen molar-refractivity contribution in [2.45, 2.75) is 12.5 Å². The molecule has 2 aliphatic rings. The summed E-state index contributed by atoms with van der Waals surface area (Å²) in [6.07, 6.45) is 2.98. The van der Waals surface area contributed by atoms with Gasteiger partial charge in [-0.25, -0.2) is 4.39 Å². The summed E-state index contributed by atoms with van der Waals surface area (Å²) in [5, 5.41) is 4.19. The maximum atomic E-state index is 14.8. The Morgan fingerprint density at radius 2 is 1.97 bits per heavy atom. The van der Waals surface area contributed by atoms with Gasteiger partial charge in [0.05, 0.1) is 24.3 Å². The highest BCUT2D eigenvalue weighted by Gasteiger charge is 2.27. The van der Waals surface area contributed by atoms with Gasteiger partial charge in [-0.15, -0.1) is 0 Å². The van der Waals surface area contributed by atoms with Crippen molar-refractivity contribution in [3.63, 3.8) is 0 Å². The monoisotopic (exact) mass is 425 g/mol. The van der Waals surface area contributed by atoms with Crippen molar-refractivity contribution < 1.29 is 9.13 Å². The highest BCUT2D eigenvalue weighted by molar-refractivity contribution is 5.89. The molecular weight excluding hydrogens is 397 g/mol. The van der Waals surface area contributed by atoms with Crippen LogP contribution < -0.4 is 15.1 Å². The van der Waals surface area contributed by atoms with Gasteiger partial charge in [0.15, 0.2) is 0 Å². The molecule has 3 aromatic rings. The summed E-state index contributed by atoms with van der Waals surface area (Å²) in [6.45, 7) is 4.51. The largest absolute Gasteiger partial charge is 0.378 e. The molecule has 2 aliphatic heterocycles. The lowest BCUT2D eigenvalue weighted by atomic mass is 10.2. The van der Waals surface area contributed by atoms with Gasteiger partial charge in [-0.1, -0.05) is 0 Å². The Hall–Kier alpha value is -2.91. The zero-order valence-corrected chi connectivity index (χ0v) is 17.9. The van der Waals surface area contributed by atoms with Gasteiger partial charge in [-0.05, 0) is 44.8 Å². The number of aromatic amines is 1. The lowest BCUT2D eigenvalue weighted by Gasteiger charge is -2.29. The second-order valence-electron chi connectivity index (χ2n) is 8.35. The zero-order valence-electron chi connectivity index (χ0n) is 17.9. The number of benzene rings is 1. The number of nitrogens with one attached hydrogen (secondary N) is 2. The third-order valence-corrected chi connectivity index (χ3v) is 6.14. The third-order valence-electron chi connectivity index (χ3n) is 6.14. The fourth-order valence-electron chi connectivity index (χ4n) is 4.35. The molecule has 4 heterocycles. The smallest absolute Gasteiger partial charge is 0.231 e. The number of ether oxygens (including phenoxy) is 1. The van der Waals surface area contributed by atoms with Crippen molar-refractivity contribution in [1.29, 1.82) is 0 Å². The van der Waals surface area contributed by atoms with E-state index in [0.717, 1.165) is 36.4 Å². The van der Waals surface area contributed by atoms with Crippen molar-refractivity contribution in [3.05, 3.63) is 36.3 Å². The molecule has 5 rings (SSSR count). The second kappa shape index (κ2) is 8.32. The van der Waals surface area contributed by atoms with E-state index >= 15 is 0 Å². The van der Waals surface area contributed by atoms with Gasteiger partial charge in [0, 0.05) is 44.1 Å². The fourth-order valence-corrected chi connectivity index (χ4v) is 4.35. The maximum absolute atomic E-state index is 14.8. The Labute approximate surface area is 181 Å². The summed E-state index contributed by atoms with van der Waals surface area (Å²) >= 11 is 0. The van der Waals surface area contributed by atoms with E-state index in [-0.39, 0.29) is 5.82 Å². The summed E-state index contributed by atoms with van der Waals surface area (Å²) in [6, 6.07) is 7.69. The number of hydrogen-bond acceptors (Lipinski definition) is 7. The molecule has 2 N–H and O–H groups in total. The summed E-state index contributed by atoms with van der Waals surface area (Å²) in [5.41, 5.74) is 1.99. The fraction of sp³-hybridized carbons (Fsp3) is 0.455. The first kappa shape index (κ1) is 20.0. The predicted molar refractivity (Wildman–Crippen MR) is 121 cm³/mol. The number of rotatable bonds is 5. The van der Waals surface area contributed by atoms with Crippen LogP contribution in [0.3, 0.4) is 0 Å². The van der Waals surface area contributed by atoms with Crippen LogP contribution in [0, 0.1) is 5.82 Å². The molecule has 0 radical (unpaired) electrons. The van der Waals surface area contributed by atoms with E-state index in [9.17, 15) is 4.39 Å². The molecule has 0 saturated carbocycles. The molecule has 8 nitrogen and oxygen atoms in total. The molecule has 0 bridgehead atoms. The zero-order chi connectivity index (χ0) is 21.4. The second-order valence-corrected chi connectivity index (χ2v) is 8.35. The van der Waals surface area contributed by atoms with Crippen molar-refractivity contribution in [1.82, 2.24) is 19.9 Å². The molecule has 2 fully saturated rings. The van der Waals surface area contributed by atoms with E-state index < -0.39 is 0 Å². The molecule has 31 heavy (non-hydrogen) atoms. The van der Waals surface area contributed by atoms with Crippen LogP contribution in [0.1, 0.15) is 6.42 Å². The lowest BCUT2D eigenvalue weighted by molar-refractivity contribution is 0.122. The van der Waals surface area contributed by atoms with Crippen LogP contribution in [0.25, 0.3) is 11.0 Å². The Morgan fingerprint density at radius 1 is 1.13 bits per heavy atom. The minimum Gasteiger partial charge on any atom is -0.378 e. The lowest BCUT2D eigenvalue weighted by Crippen LogP contribution is -2.36. The van der Waals surface area contributed by atoms with Crippen molar-refractivity contribution >= 4 is 34.2 Å². The molecule has 0 unspecified atom stereocenters. The van der Waals surface area contributed by atoms with Crippen LogP contribution in [0.15, 0.2) is 30.5 Å². The van der Waals surface area contributed by atoms with Crippen LogP contribution in [-0.2, 0) is 4.74 Å². The normalized spacial score (nSPS) is 19.5. The van der Waals surface area contributed by atoms with Crippen LogP contribution in [0.5, 0.6) is 0 Å². The first-order valence-corrected chi connectivity index (χ1v) is 10.7. The van der Waals surface area contributed by atoms with E-state index in [0.29, 0.717) is 49.7 Å². The number of morpholine rings is 1. The van der Waals surface area contributed by atoms with Gasteiger partial charge in [0.25, 0.3) is 0 Å². The van der Waals surface area contributed by atoms with E-state index in [1.54, 1.807) is 6.07 Å². The van der Waals surface area contributed by atoms with Crippen LogP contribution in [0.2, 0.25) is 0 Å². The van der Waals surface area contributed by atoms with Crippen LogP contribution in [0.4, 0.5) is 27.5 Å². The molecule has 0 spiro atoms.